The first-order valence-corrected chi connectivity index (χ1v) is 6.92. The van der Waals surface area contributed by atoms with Crippen LogP contribution in [-0.4, -0.2) is 34.1 Å². The molecular weight excluding hydrogens is 330 g/mol. The van der Waals surface area contributed by atoms with Crippen molar-refractivity contribution < 1.29 is 13.6 Å². The molecule has 0 aliphatic heterocycles. The second kappa shape index (κ2) is 7.56. The third kappa shape index (κ3) is 4.08. The van der Waals surface area contributed by atoms with E-state index in [9.17, 15) is 18.4 Å². The van der Waals surface area contributed by atoms with E-state index in [1.807, 2.05) is 6.92 Å². The molecule has 0 saturated heterocycles. The minimum absolute atomic E-state index is 0. The maximum atomic E-state index is 13.0. The smallest absolute Gasteiger partial charge is 0.329 e. The highest BCUT2D eigenvalue weighted by Crippen LogP contribution is 2.13. The fourth-order valence-electron chi connectivity index (χ4n) is 2.23. The Hall–Kier alpha value is -1.93. The summed E-state index contributed by atoms with van der Waals surface area (Å²) in [7, 11) is 0. The van der Waals surface area contributed by atoms with E-state index < -0.39 is 24.9 Å². The van der Waals surface area contributed by atoms with Crippen LogP contribution in [0.3, 0.4) is 0 Å². The van der Waals surface area contributed by atoms with Gasteiger partial charge in [-0.15, -0.1) is 12.4 Å². The fraction of sp³-hybridized carbons (Fsp3) is 0.429. The van der Waals surface area contributed by atoms with Gasteiger partial charge in [-0.3, -0.25) is 13.9 Å². The number of nitrogens with zero attached hydrogens (tertiary/aromatic N) is 2. The minimum atomic E-state index is -3.15. The lowest BCUT2D eigenvalue weighted by Crippen LogP contribution is -2.43. The molecule has 0 bridgehead atoms. The van der Waals surface area contributed by atoms with E-state index in [4.69, 9.17) is 5.73 Å². The van der Waals surface area contributed by atoms with Crippen LogP contribution < -0.4 is 16.7 Å². The van der Waals surface area contributed by atoms with E-state index >= 15 is 0 Å². The van der Waals surface area contributed by atoms with Gasteiger partial charge in [0.05, 0.1) is 24.1 Å². The highest BCUT2D eigenvalue weighted by Gasteiger charge is 2.27. The molecular formula is C14H19ClF2N4O2. The summed E-state index contributed by atoms with van der Waals surface area (Å²) in [6.07, 6.45) is 0. The van der Waals surface area contributed by atoms with Crippen LogP contribution in [0.25, 0.3) is 11.0 Å². The summed E-state index contributed by atoms with van der Waals surface area (Å²) in [5, 5.41) is 2.10. The van der Waals surface area contributed by atoms with Gasteiger partial charge in [0.1, 0.15) is 6.54 Å². The monoisotopic (exact) mass is 348 g/mol. The molecule has 2 rings (SSSR count). The van der Waals surface area contributed by atoms with E-state index in [-0.39, 0.29) is 24.6 Å². The number of alkyl halides is 2. The van der Waals surface area contributed by atoms with E-state index in [2.05, 4.69) is 5.32 Å². The standard InChI is InChI=1S/C14H18F2N4O2.ClH/c1-2-19-10-5-3-4-6-11(10)20(13(19)22)7-12(21)18-9-14(15,16)8-17;/h3-6H,2,7-9,17H2,1H3,(H,18,21);1H. The van der Waals surface area contributed by atoms with Gasteiger partial charge in [0.15, 0.2) is 0 Å². The number of nitrogens with two attached hydrogens (primary N) is 1. The summed E-state index contributed by atoms with van der Waals surface area (Å²) in [5.41, 5.74) is 5.86. The van der Waals surface area contributed by atoms with Crippen molar-refractivity contribution in [1.29, 1.82) is 0 Å². The fourth-order valence-corrected chi connectivity index (χ4v) is 2.23. The van der Waals surface area contributed by atoms with Gasteiger partial charge in [0.25, 0.3) is 5.92 Å². The number of amides is 1. The van der Waals surface area contributed by atoms with Crippen LogP contribution in [0.4, 0.5) is 8.78 Å². The summed E-state index contributed by atoms with van der Waals surface area (Å²) in [4.78, 5) is 24.1. The maximum Gasteiger partial charge on any atom is 0.329 e. The van der Waals surface area contributed by atoms with Gasteiger partial charge in [-0.25, -0.2) is 13.6 Å². The third-order valence-corrected chi connectivity index (χ3v) is 3.39. The van der Waals surface area contributed by atoms with Gasteiger partial charge < -0.3 is 11.1 Å². The van der Waals surface area contributed by atoms with Gasteiger partial charge in [0, 0.05) is 6.54 Å². The predicted molar refractivity (Wildman–Crippen MR) is 86.1 cm³/mol. The molecule has 128 valence electrons. The molecule has 1 aromatic heterocycles. The highest BCUT2D eigenvalue weighted by atomic mass is 35.5. The lowest BCUT2D eigenvalue weighted by atomic mass is 10.3. The number of hydrogen-bond donors (Lipinski definition) is 2. The van der Waals surface area contributed by atoms with Crippen LogP contribution in [0.5, 0.6) is 0 Å². The molecule has 0 aliphatic carbocycles. The number of fused-ring (bicyclic) bond motifs is 1. The zero-order valence-corrected chi connectivity index (χ0v) is 13.4. The molecule has 9 heteroatoms. The second-order valence-corrected chi connectivity index (χ2v) is 4.94. The number of nitrogens with one attached hydrogen (secondary N) is 1. The number of rotatable bonds is 6. The van der Waals surface area contributed by atoms with Crippen molar-refractivity contribution in [2.24, 2.45) is 5.73 Å². The number of imidazole rings is 1. The van der Waals surface area contributed by atoms with Gasteiger partial charge >= 0.3 is 5.69 Å². The van der Waals surface area contributed by atoms with Crippen molar-refractivity contribution in [3.63, 3.8) is 0 Å². The van der Waals surface area contributed by atoms with E-state index in [1.54, 1.807) is 24.3 Å². The topological polar surface area (TPSA) is 82.0 Å². The minimum Gasteiger partial charge on any atom is -0.348 e. The molecule has 0 unspecified atom stereocenters. The van der Waals surface area contributed by atoms with Crippen molar-refractivity contribution in [2.75, 3.05) is 13.1 Å². The molecule has 3 N–H and O–H groups in total. The summed E-state index contributed by atoms with van der Waals surface area (Å²) in [5.74, 6) is -3.81. The Morgan fingerprint density at radius 1 is 1.26 bits per heavy atom. The molecule has 0 fully saturated rings. The van der Waals surface area contributed by atoms with Crippen LogP contribution >= 0.6 is 12.4 Å². The highest BCUT2D eigenvalue weighted by molar-refractivity contribution is 5.85. The summed E-state index contributed by atoms with van der Waals surface area (Å²) in [6, 6.07) is 7.03. The molecule has 6 nitrogen and oxygen atoms in total. The maximum absolute atomic E-state index is 13.0. The number of para-hydroxylation sites is 2. The zero-order valence-electron chi connectivity index (χ0n) is 12.6. The SMILES string of the molecule is CCn1c(=O)n(CC(=O)NCC(F)(F)CN)c2ccccc21.Cl. The Morgan fingerprint density at radius 3 is 2.35 bits per heavy atom. The molecule has 1 amide bonds. The number of aromatic nitrogens is 2. The number of halogens is 3. The Bertz CT molecular complexity index is 742. The lowest BCUT2D eigenvalue weighted by molar-refractivity contribution is -0.123. The molecule has 1 heterocycles. The van der Waals surface area contributed by atoms with Gasteiger partial charge in [-0.1, -0.05) is 12.1 Å². The number of carbonyl (C=O) groups is 1. The Labute approximate surface area is 137 Å². The molecule has 0 spiro atoms. The number of aryl methyl sites for hydroxylation is 1. The first-order chi connectivity index (χ1) is 10.4. The van der Waals surface area contributed by atoms with E-state index in [0.717, 1.165) is 0 Å². The first-order valence-electron chi connectivity index (χ1n) is 6.92. The normalized spacial score (nSPS) is 11.3. The van der Waals surface area contributed by atoms with Crippen molar-refractivity contribution in [3.05, 3.63) is 34.7 Å². The zero-order chi connectivity index (χ0) is 16.3. The van der Waals surface area contributed by atoms with Crippen LogP contribution in [0.1, 0.15) is 6.92 Å². The van der Waals surface area contributed by atoms with Crippen LogP contribution in [-0.2, 0) is 17.9 Å². The molecule has 1 aromatic carbocycles. The van der Waals surface area contributed by atoms with Crippen LogP contribution in [0.15, 0.2) is 29.1 Å². The second-order valence-electron chi connectivity index (χ2n) is 4.94. The van der Waals surface area contributed by atoms with Crippen molar-refractivity contribution in [1.82, 2.24) is 14.5 Å². The quantitative estimate of drug-likeness (QED) is 0.815. The Morgan fingerprint density at radius 2 is 1.83 bits per heavy atom. The number of benzene rings is 1. The summed E-state index contributed by atoms with van der Waals surface area (Å²) >= 11 is 0. The third-order valence-electron chi connectivity index (χ3n) is 3.39. The van der Waals surface area contributed by atoms with Crippen molar-refractivity contribution in [2.45, 2.75) is 25.9 Å². The number of hydrogen-bond acceptors (Lipinski definition) is 3. The van der Waals surface area contributed by atoms with Crippen LogP contribution in [0.2, 0.25) is 0 Å². The van der Waals surface area contributed by atoms with Crippen LogP contribution in [0, 0.1) is 0 Å². The molecule has 23 heavy (non-hydrogen) atoms. The van der Waals surface area contributed by atoms with E-state index in [0.29, 0.717) is 17.6 Å². The van der Waals surface area contributed by atoms with Gasteiger partial charge in [-0.05, 0) is 19.1 Å². The molecule has 0 saturated carbocycles. The van der Waals surface area contributed by atoms with E-state index in [1.165, 1.54) is 9.13 Å². The summed E-state index contributed by atoms with van der Waals surface area (Å²) in [6.45, 7) is 0.276. The summed E-state index contributed by atoms with van der Waals surface area (Å²) < 4.78 is 28.9. The Kier molecular flexibility index (Phi) is 6.28. The van der Waals surface area contributed by atoms with Crippen molar-refractivity contribution in [3.8, 4) is 0 Å². The molecule has 0 atom stereocenters. The average molecular weight is 349 g/mol. The largest absolute Gasteiger partial charge is 0.348 e. The average Bonchev–Trinajstić information content (AvgIpc) is 2.77. The molecule has 2 aromatic rings. The number of carbonyl (C=O) groups excluding carboxylic acids is 1. The molecule has 0 radical (unpaired) electrons. The predicted octanol–water partition coefficient (Wildman–Crippen LogP) is 0.955. The Balaban J connectivity index is 0.00000264. The molecule has 0 aliphatic rings. The van der Waals surface area contributed by atoms with Gasteiger partial charge in [-0.2, -0.15) is 0 Å². The first kappa shape index (κ1) is 19.1. The van der Waals surface area contributed by atoms with Crippen molar-refractivity contribution >= 4 is 29.3 Å². The lowest BCUT2D eigenvalue weighted by Gasteiger charge is -2.14. The van der Waals surface area contributed by atoms with Gasteiger partial charge in [0.2, 0.25) is 5.91 Å².